The van der Waals surface area contributed by atoms with Gasteiger partial charge in [-0.2, -0.15) is 0 Å². The molecule has 0 radical (unpaired) electrons. The van der Waals surface area contributed by atoms with Gasteiger partial charge in [-0.15, -0.1) is 0 Å². The van der Waals surface area contributed by atoms with Crippen molar-refractivity contribution in [1.82, 2.24) is 0 Å². The zero-order valence-electron chi connectivity index (χ0n) is 11.4. The standard InChI is InChI=1S/C15H27NO2/c16-14-9-7-13(8-10-14)15(17)18-11-12-5-3-1-2-4-6-12/h12-14H,1-11,16H2. The fraction of sp³-hybridized carbons (Fsp3) is 0.933. The third-order valence-corrected chi connectivity index (χ3v) is 4.54. The highest BCUT2D eigenvalue weighted by Crippen LogP contribution is 2.26. The van der Waals surface area contributed by atoms with Crippen LogP contribution in [-0.2, 0) is 9.53 Å². The van der Waals surface area contributed by atoms with Crippen LogP contribution in [0.25, 0.3) is 0 Å². The molecule has 0 atom stereocenters. The molecule has 2 rings (SSSR count). The molecule has 2 aliphatic carbocycles. The molecule has 0 aromatic rings. The van der Waals surface area contributed by atoms with E-state index in [0.717, 1.165) is 25.7 Å². The number of esters is 1. The zero-order valence-corrected chi connectivity index (χ0v) is 11.4. The fourth-order valence-corrected chi connectivity index (χ4v) is 3.20. The van der Waals surface area contributed by atoms with Gasteiger partial charge < -0.3 is 10.5 Å². The Labute approximate surface area is 110 Å². The number of hydrogen-bond donors (Lipinski definition) is 1. The largest absolute Gasteiger partial charge is 0.465 e. The summed E-state index contributed by atoms with van der Waals surface area (Å²) in [5.41, 5.74) is 5.85. The van der Waals surface area contributed by atoms with Gasteiger partial charge >= 0.3 is 5.97 Å². The van der Waals surface area contributed by atoms with Crippen LogP contribution in [0.4, 0.5) is 0 Å². The molecular weight excluding hydrogens is 226 g/mol. The van der Waals surface area contributed by atoms with Gasteiger partial charge in [-0.1, -0.05) is 25.7 Å². The highest BCUT2D eigenvalue weighted by molar-refractivity contribution is 5.72. The van der Waals surface area contributed by atoms with Crippen molar-refractivity contribution < 1.29 is 9.53 Å². The Kier molecular flexibility index (Phi) is 5.48. The number of ether oxygens (including phenoxy) is 1. The second kappa shape index (κ2) is 7.13. The van der Waals surface area contributed by atoms with Crippen molar-refractivity contribution >= 4 is 5.97 Å². The molecule has 0 bridgehead atoms. The minimum absolute atomic E-state index is 0.0335. The molecule has 2 saturated carbocycles. The first kappa shape index (κ1) is 13.9. The highest BCUT2D eigenvalue weighted by Gasteiger charge is 2.26. The Bertz CT molecular complexity index is 251. The van der Waals surface area contributed by atoms with Crippen LogP contribution < -0.4 is 5.73 Å². The minimum Gasteiger partial charge on any atom is -0.465 e. The van der Waals surface area contributed by atoms with Crippen LogP contribution in [-0.4, -0.2) is 18.6 Å². The minimum atomic E-state index is 0.0335. The number of carbonyl (C=O) groups is 1. The Morgan fingerprint density at radius 2 is 1.56 bits per heavy atom. The van der Waals surface area contributed by atoms with Crippen molar-refractivity contribution in [3.05, 3.63) is 0 Å². The molecule has 0 spiro atoms. The van der Waals surface area contributed by atoms with Crippen molar-refractivity contribution in [3.63, 3.8) is 0 Å². The summed E-state index contributed by atoms with van der Waals surface area (Å²) in [6.07, 6.45) is 11.6. The average molecular weight is 253 g/mol. The van der Waals surface area contributed by atoms with E-state index in [1.807, 2.05) is 0 Å². The lowest BCUT2D eigenvalue weighted by molar-refractivity contribution is -0.151. The molecule has 2 aliphatic rings. The maximum atomic E-state index is 12.0. The highest BCUT2D eigenvalue weighted by atomic mass is 16.5. The van der Waals surface area contributed by atoms with Gasteiger partial charge in [0.2, 0.25) is 0 Å². The van der Waals surface area contributed by atoms with Gasteiger partial charge in [0.05, 0.1) is 12.5 Å². The Balaban J connectivity index is 1.67. The number of nitrogens with two attached hydrogens (primary N) is 1. The van der Waals surface area contributed by atoms with E-state index < -0.39 is 0 Å². The molecule has 3 nitrogen and oxygen atoms in total. The van der Waals surface area contributed by atoms with Crippen LogP contribution in [0.1, 0.15) is 64.2 Å². The third kappa shape index (κ3) is 4.27. The van der Waals surface area contributed by atoms with Gasteiger partial charge in [-0.05, 0) is 44.4 Å². The van der Waals surface area contributed by atoms with Gasteiger partial charge in [0.25, 0.3) is 0 Å². The van der Waals surface area contributed by atoms with E-state index in [4.69, 9.17) is 10.5 Å². The lowest BCUT2D eigenvalue weighted by atomic mass is 9.86. The monoisotopic (exact) mass is 253 g/mol. The molecule has 0 amide bonds. The van der Waals surface area contributed by atoms with Crippen LogP contribution >= 0.6 is 0 Å². The number of carbonyl (C=O) groups excluding carboxylic acids is 1. The van der Waals surface area contributed by atoms with Gasteiger partial charge in [0.1, 0.15) is 0 Å². The Hall–Kier alpha value is -0.570. The maximum Gasteiger partial charge on any atom is 0.308 e. The summed E-state index contributed by atoms with van der Waals surface area (Å²) in [6, 6.07) is 0.302. The fourth-order valence-electron chi connectivity index (χ4n) is 3.20. The number of hydrogen-bond acceptors (Lipinski definition) is 3. The van der Waals surface area contributed by atoms with E-state index in [2.05, 4.69) is 0 Å². The summed E-state index contributed by atoms with van der Waals surface area (Å²) in [4.78, 5) is 12.0. The number of rotatable bonds is 3. The first-order valence-electron chi connectivity index (χ1n) is 7.68. The summed E-state index contributed by atoms with van der Waals surface area (Å²) in [6.45, 7) is 0.654. The maximum absolute atomic E-state index is 12.0. The SMILES string of the molecule is NC1CCC(C(=O)OCC2CCCCCC2)CC1. The summed E-state index contributed by atoms with van der Waals surface area (Å²) in [5.74, 6) is 0.768. The molecule has 2 fully saturated rings. The third-order valence-electron chi connectivity index (χ3n) is 4.54. The van der Waals surface area contributed by atoms with Gasteiger partial charge in [0, 0.05) is 6.04 Å². The molecule has 0 saturated heterocycles. The van der Waals surface area contributed by atoms with E-state index in [0.29, 0.717) is 18.6 Å². The summed E-state index contributed by atoms with van der Waals surface area (Å²) < 4.78 is 5.53. The van der Waals surface area contributed by atoms with Gasteiger partial charge in [-0.3, -0.25) is 4.79 Å². The van der Waals surface area contributed by atoms with Crippen LogP contribution in [0, 0.1) is 11.8 Å². The van der Waals surface area contributed by atoms with Crippen molar-refractivity contribution in [2.45, 2.75) is 70.3 Å². The molecule has 18 heavy (non-hydrogen) atoms. The predicted molar refractivity (Wildman–Crippen MR) is 72.1 cm³/mol. The molecule has 0 aromatic heterocycles. The van der Waals surface area contributed by atoms with E-state index in [9.17, 15) is 4.79 Å². The van der Waals surface area contributed by atoms with E-state index in [1.54, 1.807) is 0 Å². The van der Waals surface area contributed by atoms with Crippen LogP contribution in [0.5, 0.6) is 0 Å². The Morgan fingerprint density at radius 3 is 2.17 bits per heavy atom. The normalized spacial score (nSPS) is 30.7. The molecule has 0 aromatic carbocycles. The van der Waals surface area contributed by atoms with E-state index >= 15 is 0 Å². The van der Waals surface area contributed by atoms with Crippen LogP contribution in [0.3, 0.4) is 0 Å². The molecule has 3 heteroatoms. The summed E-state index contributed by atoms with van der Waals surface area (Å²) in [7, 11) is 0. The molecule has 0 unspecified atom stereocenters. The van der Waals surface area contributed by atoms with Crippen LogP contribution in [0.2, 0.25) is 0 Å². The molecule has 104 valence electrons. The molecule has 2 N–H and O–H groups in total. The van der Waals surface area contributed by atoms with Gasteiger partial charge in [-0.25, -0.2) is 0 Å². The molecule has 0 heterocycles. The van der Waals surface area contributed by atoms with Gasteiger partial charge in [0.15, 0.2) is 0 Å². The second-order valence-electron chi connectivity index (χ2n) is 6.10. The first-order chi connectivity index (χ1) is 8.75. The quantitative estimate of drug-likeness (QED) is 0.621. The average Bonchev–Trinajstić information content (AvgIpc) is 2.65. The topological polar surface area (TPSA) is 52.3 Å². The predicted octanol–water partition coefficient (Wildman–Crippen LogP) is 3.02. The lowest BCUT2D eigenvalue weighted by Gasteiger charge is -2.25. The molecular formula is C15H27NO2. The first-order valence-corrected chi connectivity index (χ1v) is 7.68. The van der Waals surface area contributed by atoms with Crippen molar-refractivity contribution in [1.29, 1.82) is 0 Å². The van der Waals surface area contributed by atoms with E-state index in [1.165, 1.54) is 38.5 Å². The lowest BCUT2D eigenvalue weighted by Crippen LogP contribution is -2.31. The van der Waals surface area contributed by atoms with Crippen molar-refractivity contribution in [2.75, 3.05) is 6.61 Å². The Morgan fingerprint density at radius 1 is 0.944 bits per heavy atom. The van der Waals surface area contributed by atoms with Crippen LogP contribution in [0.15, 0.2) is 0 Å². The smallest absolute Gasteiger partial charge is 0.308 e. The summed E-state index contributed by atoms with van der Waals surface area (Å²) in [5, 5.41) is 0. The van der Waals surface area contributed by atoms with Crippen molar-refractivity contribution in [2.24, 2.45) is 17.6 Å². The van der Waals surface area contributed by atoms with E-state index in [-0.39, 0.29) is 11.9 Å². The molecule has 0 aliphatic heterocycles. The summed E-state index contributed by atoms with van der Waals surface area (Å²) >= 11 is 0. The van der Waals surface area contributed by atoms with Crippen molar-refractivity contribution in [3.8, 4) is 0 Å². The zero-order chi connectivity index (χ0) is 12.8. The second-order valence-corrected chi connectivity index (χ2v) is 6.10.